The van der Waals surface area contributed by atoms with Gasteiger partial charge in [0.25, 0.3) is 10.1 Å². The summed E-state index contributed by atoms with van der Waals surface area (Å²) < 4.78 is 55.0. The molecule has 4 atom stereocenters. The Morgan fingerprint density at radius 1 is 1.05 bits per heavy atom. The Labute approximate surface area is 253 Å². The van der Waals surface area contributed by atoms with Crippen LogP contribution in [0.4, 0.5) is 0 Å². The third-order valence-electron chi connectivity index (χ3n) is 8.08. The number of fused-ring (bicyclic) bond motifs is 2. The molecule has 6 rings (SSSR count). The van der Waals surface area contributed by atoms with E-state index in [1.54, 1.807) is 12.1 Å². The highest BCUT2D eigenvalue weighted by atomic mass is 32.2. The van der Waals surface area contributed by atoms with Gasteiger partial charge in [0.05, 0.1) is 35.4 Å². The monoisotopic (exact) mass is 609 g/mol. The van der Waals surface area contributed by atoms with Gasteiger partial charge in [0.15, 0.2) is 6.29 Å². The zero-order valence-electron chi connectivity index (χ0n) is 24.6. The third kappa shape index (κ3) is 7.36. The van der Waals surface area contributed by atoms with Crippen LogP contribution < -0.4 is 10.1 Å². The topological polar surface area (TPSA) is 108 Å². The van der Waals surface area contributed by atoms with Crippen LogP contribution in [-0.2, 0) is 28.5 Å². The lowest BCUT2D eigenvalue weighted by Crippen LogP contribution is -2.57. The van der Waals surface area contributed by atoms with Crippen molar-refractivity contribution in [2.24, 2.45) is 0 Å². The molecule has 43 heavy (non-hydrogen) atoms. The molecule has 0 radical (unpaired) electrons. The van der Waals surface area contributed by atoms with E-state index in [9.17, 15) is 8.42 Å². The summed E-state index contributed by atoms with van der Waals surface area (Å²) in [4.78, 5) is 7.28. The normalized spacial score (nSPS) is 23.7. The second kappa shape index (κ2) is 13.3. The van der Waals surface area contributed by atoms with Gasteiger partial charge in [-0.25, -0.2) is 4.98 Å². The average Bonchev–Trinajstić information content (AvgIpc) is 3.02. The van der Waals surface area contributed by atoms with E-state index in [1.165, 1.54) is 12.1 Å². The smallest absolute Gasteiger partial charge is 0.297 e. The molecule has 0 aliphatic carbocycles. The molecule has 0 amide bonds. The van der Waals surface area contributed by atoms with E-state index in [0.717, 1.165) is 66.6 Å². The molecule has 0 spiro atoms. The van der Waals surface area contributed by atoms with Crippen LogP contribution >= 0.6 is 0 Å². The molecule has 1 aromatic heterocycles. The van der Waals surface area contributed by atoms with Crippen LogP contribution in [0.25, 0.3) is 16.5 Å². The molecular formula is C32H39N3O7S. The first kappa shape index (κ1) is 30.0. The fraction of sp³-hybridized carbons (Fsp3) is 0.469. The fourth-order valence-corrected chi connectivity index (χ4v) is 6.50. The van der Waals surface area contributed by atoms with Gasteiger partial charge in [-0.05, 0) is 75.2 Å². The van der Waals surface area contributed by atoms with E-state index in [1.807, 2.05) is 37.3 Å². The van der Waals surface area contributed by atoms with Crippen molar-refractivity contribution in [2.75, 3.05) is 40.0 Å². The number of ether oxygens (including phenoxy) is 4. The second-order valence-corrected chi connectivity index (χ2v) is 13.0. The number of aromatic nitrogens is 1. The quantitative estimate of drug-likeness (QED) is 0.336. The molecule has 3 aliphatic heterocycles. The molecule has 0 saturated carbocycles. The number of aryl methyl sites for hydroxylation is 1. The summed E-state index contributed by atoms with van der Waals surface area (Å²) in [5.41, 5.74) is 3.85. The molecule has 11 heteroatoms. The third-order valence-corrected chi connectivity index (χ3v) is 9.37. The average molecular weight is 610 g/mol. The number of benzene rings is 2. The highest BCUT2D eigenvalue weighted by molar-refractivity contribution is 7.86. The van der Waals surface area contributed by atoms with Crippen molar-refractivity contribution < 1.29 is 31.5 Å². The Morgan fingerprint density at radius 3 is 2.72 bits per heavy atom. The zero-order chi connectivity index (χ0) is 29.8. The predicted molar refractivity (Wildman–Crippen MR) is 162 cm³/mol. The van der Waals surface area contributed by atoms with Crippen molar-refractivity contribution in [3.8, 4) is 5.75 Å². The summed E-state index contributed by atoms with van der Waals surface area (Å²) in [7, 11) is -1.84. The number of likely N-dealkylation sites (N-methyl/N-ethyl adjacent to an activating group) is 1. The van der Waals surface area contributed by atoms with Gasteiger partial charge in [0.1, 0.15) is 24.6 Å². The van der Waals surface area contributed by atoms with Crippen molar-refractivity contribution in [3.05, 3.63) is 72.1 Å². The lowest BCUT2D eigenvalue weighted by atomic mass is 9.98. The maximum Gasteiger partial charge on any atom is 0.297 e. The van der Waals surface area contributed by atoms with Crippen molar-refractivity contribution >= 4 is 26.6 Å². The zero-order valence-corrected chi connectivity index (χ0v) is 25.4. The Morgan fingerprint density at radius 2 is 1.91 bits per heavy atom. The van der Waals surface area contributed by atoms with Crippen LogP contribution in [0.1, 0.15) is 36.9 Å². The van der Waals surface area contributed by atoms with Crippen LogP contribution in [0.5, 0.6) is 5.75 Å². The minimum absolute atomic E-state index is 0.0931. The highest BCUT2D eigenvalue weighted by Crippen LogP contribution is 2.29. The molecule has 230 valence electrons. The lowest BCUT2D eigenvalue weighted by molar-refractivity contribution is -0.198. The van der Waals surface area contributed by atoms with Crippen molar-refractivity contribution in [1.29, 1.82) is 0 Å². The van der Waals surface area contributed by atoms with Gasteiger partial charge in [-0.3, -0.25) is 9.08 Å². The molecule has 0 bridgehead atoms. The van der Waals surface area contributed by atoms with E-state index in [4.69, 9.17) is 28.1 Å². The van der Waals surface area contributed by atoms with Gasteiger partial charge in [-0.1, -0.05) is 23.8 Å². The number of hydrogen-bond acceptors (Lipinski definition) is 10. The largest absolute Gasteiger partial charge is 0.491 e. The number of pyridine rings is 1. The molecule has 3 aromatic rings. The first-order valence-electron chi connectivity index (χ1n) is 14.9. The maximum absolute atomic E-state index is 12.8. The fourth-order valence-electron chi connectivity index (χ4n) is 5.57. The summed E-state index contributed by atoms with van der Waals surface area (Å²) in [5.74, 6) is 0.627. The Kier molecular flexibility index (Phi) is 9.27. The molecule has 2 unspecified atom stereocenters. The number of hydrogen-bond donors (Lipinski definition) is 1. The van der Waals surface area contributed by atoms with Crippen LogP contribution in [0.2, 0.25) is 0 Å². The Bertz CT molecular complexity index is 1540. The minimum Gasteiger partial charge on any atom is -0.491 e. The molecule has 10 nitrogen and oxygen atoms in total. The van der Waals surface area contributed by atoms with Gasteiger partial charge in [0, 0.05) is 31.2 Å². The summed E-state index contributed by atoms with van der Waals surface area (Å²) in [6.07, 6.45) is 4.75. The van der Waals surface area contributed by atoms with E-state index >= 15 is 0 Å². The number of nitrogens with one attached hydrogen (secondary N) is 1. The summed E-state index contributed by atoms with van der Waals surface area (Å²) in [6, 6.07) is 16.3. The van der Waals surface area contributed by atoms with Crippen molar-refractivity contribution in [2.45, 2.75) is 62.2 Å². The van der Waals surface area contributed by atoms with Crippen molar-refractivity contribution in [3.63, 3.8) is 0 Å². The van der Waals surface area contributed by atoms with E-state index in [0.29, 0.717) is 12.4 Å². The number of morpholine rings is 1. The van der Waals surface area contributed by atoms with Gasteiger partial charge in [-0.15, -0.1) is 0 Å². The van der Waals surface area contributed by atoms with Crippen LogP contribution in [-0.4, -0.2) is 83.0 Å². The van der Waals surface area contributed by atoms with Crippen LogP contribution in [0, 0.1) is 6.92 Å². The number of nitrogens with zero attached hydrogens (tertiary/aromatic N) is 2. The predicted octanol–water partition coefficient (Wildman–Crippen LogP) is 4.23. The molecular weight excluding hydrogens is 570 g/mol. The van der Waals surface area contributed by atoms with E-state index < -0.39 is 22.5 Å². The van der Waals surface area contributed by atoms with E-state index in [2.05, 4.69) is 23.5 Å². The minimum atomic E-state index is -3.95. The van der Waals surface area contributed by atoms with Crippen LogP contribution in [0.3, 0.4) is 0 Å². The second-order valence-electron chi connectivity index (χ2n) is 11.3. The Hall–Kier alpha value is -3.06. The van der Waals surface area contributed by atoms with Gasteiger partial charge >= 0.3 is 0 Å². The standard InChI is InChI=1S/C32H39N3O7S/c1-22-6-10-27(11-7-22)43(36,37)41-21-26(42-31-5-3-4-15-39-31)20-40-25-9-13-28-23(17-25)8-12-29(34-28)24-18-30-32(33-19-24)35(2)14-16-38-30/h6-13,17,19,26,30-33H,3-5,14-16,18,20-21H2,1-2H3/t26?,30-,31?,32-/m1/s1. The first-order chi connectivity index (χ1) is 20.8. The summed E-state index contributed by atoms with van der Waals surface area (Å²) in [6.45, 7) is 4.05. The maximum atomic E-state index is 12.8. The van der Waals surface area contributed by atoms with Gasteiger partial charge in [-0.2, -0.15) is 8.42 Å². The van der Waals surface area contributed by atoms with Gasteiger partial charge < -0.3 is 24.3 Å². The molecule has 2 saturated heterocycles. The molecule has 2 aromatic carbocycles. The summed E-state index contributed by atoms with van der Waals surface area (Å²) in [5, 5.41) is 4.41. The van der Waals surface area contributed by atoms with Gasteiger partial charge in [0.2, 0.25) is 0 Å². The molecule has 3 aliphatic rings. The SMILES string of the molecule is Cc1ccc(S(=O)(=O)OCC(COc2ccc3nc(C4=CN[C@H]5[C@@H](C4)OCCN5C)ccc3c2)OC2CCCCO2)cc1. The van der Waals surface area contributed by atoms with Crippen LogP contribution in [0.15, 0.2) is 65.7 Å². The number of rotatable bonds is 10. The van der Waals surface area contributed by atoms with Crippen molar-refractivity contribution in [1.82, 2.24) is 15.2 Å². The first-order valence-corrected chi connectivity index (χ1v) is 16.3. The Balaban J connectivity index is 1.12. The molecule has 1 N–H and O–H groups in total. The lowest BCUT2D eigenvalue weighted by Gasteiger charge is -2.42. The molecule has 4 heterocycles. The summed E-state index contributed by atoms with van der Waals surface area (Å²) >= 11 is 0. The van der Waals surface area contributed by atoms with E-state index in [-0.39, 0.29) is 30.4 Å². The highest BCUT2D eigenvalue weighted by Gasteiger charge is 2.33. The molecule has 2 fully saturated rings.